The second-order valence-corrected chi connectivity index (χ2v) is 6.71. The summed E-state index contributed by atoms with van der Waals surface area (Å²) in [5.74, 6) is 0.216. The highest BCUT2D eigenvalue weighted by Gasteiger charge is 2.65. The third kappa shape index (κ3) is 2.73. The number of aromatic nitrogens is 2. The van der Waals surface area contributed by atoms with E-state index in [-0.39, 0.29) is 19.5 Å². The standard InChI is InChI=1S/C15H21F3N4O2/c1-3-11(12-19-9(2)24-21-12)20-13(23)22-7-10-5-4-6-14(10,8-22)15(16,17)18/h10-11H,3-8H2,1-2H3,(H,20,23)/t10-,11?,14-/m0/s1. The lowest BCUT2D eigenvalue weighted by atomic mass is 9.80. The molecule has 0 spiro atoms. The summed E-state index contributed by atoms with van der Waals surface area (Å²) >= 11 is 0. The molecule has 6 nitrogen and oxygen atoms in total. The zero-order valence-corrected chi connectivity index (χ0v) is 13.7. The van der Waals surface area contributed by atoms with E-state index in [9.17, 15) is 18.0 Å². The maximum absolute atomic E-state index is 13.5. The molecule has 1 unspecified atom stereocenters. The van der Waals surface area contributed by atoms with E-state index >= 15 is 0 Å². The molecule has 1 saturated carbocycles. The molecule has 3 rings (SSSR count). The second-order valence-electron chi connectivity index (χ2n) is 6.71. The number of urea groups is 1. The molecule has 2 aliphatic rings. The SMILES string of the molecule is CCC(NC(=O)N1C[C@@H]2CCC[C@]2(C(F)(F)F)C1)c1noc(C)n1. The number of halogens is 3. The minimum absolute atomic E-state index is 0.103. The number of carbonyl (C=O) groups excluding carboxylic acids is 1. The lowest BCUT2D eigenvalue weighted by Gasteiger charge is -2.31. The molecule has 1 aromatic rings. The molecule has 3 atom stereocenters. The van der Waals surface area contributed by atoms with E-state index in [2.05, 4.69) is 15.5 Å². The fourth-order valence-electron chi connectivity index (χ4n) is 3.95. The number of likely N-dealkylation sites (tertiary alicyclic amines) is 1. The van der Waals surface area contributed by atoms with Gasteiger partial charge in [-0.25, -0.2) is 4.79 Å². The number of nitrogens with zero attached hydrogens (tertiary/aromatic N) is 3. The maximum atomic E-state index is 13.5. The highest BCUT2D eigenvalue weighted by molar-refractivity contribution is 5.75. The molecule has 1 N–H and O–H groups in total. The Balaban J connectivity index is 1.70. The third-order valence-electron chi connectivity index (χ3n) is 5.28. The van der Waals surface area contributed by atoms with Gasteiger partial charge in [-0.3, -0.25) is 0 Å². The van der Waals surface area contributed by atoms with Crippen LogP contribution in [0.25, 0.3) is 0 Å². The number of fused-ring (bicyclic) bond motifs is 1. The van der Waals surface area contributed by atoms with Gasteiger partial charge in [0.25, 0.3) is 0 Å². The highest BCUT2D eigenvalue weighted by Crippen LogP contribution is 2.57. The molecular weight excluding hydrogens is 325 g/mol. The van der Waals surface area contributed by atoms with E-state index in [4.69, 9.17) is 4.52 Å². The molecular formula is C15H21F3N4O2. The van der Waals surface area contributed by atoms with Crippen LogP contribution in [-0.4, -0.2) is 40.3 Å². The van der Waals surface area contributed by atoms with Crippen LogP contribution in [0.4, 0.5) is 18.0 Å². The van der Waals surface area contributed by atoms with Gasteiger partial charge >= 0.3 is 12.2 Å². The largest absolute Gasteiger partial charge is 0.396 e. The van der Waals surface area contributed by atoms with Crippen LogP contribution in [-0.2, 0) is 0 Å². The van der Waals surface area contributed by atoms with Gasteiger partial charge in [0.05, 0.1) is 11.5 Å². The highest BCUT2D eigenvalue weighted by atomic mass is 19.4. The Morgan fingerprint density at radius 2 is 2.29 bits per heavy atom. The Morgan fingerprint density at radius 3 is 2.83 bits per heavy atom. The van der Waals surface area contributed by atoms with Gasteiger partial charge in [0.15, 0.2) is 5.82 Å². The summed E-state index contributed by atoms with van der Waals surface area (Å²) in [6.45, 7) is 3.36. The van der Waals surface area contributed by atoms with Crippen LogP contribution < -0.4 is 5.32 Å². The first-order chi connectivity index (χ1) is 11.3. The topological polar surface area (TPSA) is 71.3 Å². The van der Waals surface area contributed by atoms with Crippen molar-refractivity contribution in [2.24, 2.45) is 11.3 Å². The Bertz CT molecular complexity index is 618. The summed E-state index contributed by atoms with van der Waals surface area (Å²) in [5, 5.41) is 6.51. The third-order valence-corrected chi connectivity index (χ3v) is 5.28. The van der Waals surface area contributed by atoms with Crippen molar-refractivity contribution >= 4 is 6.03 Å². The summed E-state index contributed by atoms with van der Waals surface area (Å²) in [6.07, 6.45) is -2.57. The van der Waals surface area contributed by atoms with Crippen LogP contribution >= 0.6 is 0 Å². The summed E-state index contributed by atoms with van der Waals surface area (Å²) in [7, 11) is 0. The van der Waals surface area contributed by atoms with Crippen molar-refractivity contribution in [3.05, 3.63) is 11.7 Å². The van der Waals surface area contributed by atoms with E-state index in [0.29, 0.717) is 31.0 Å². The van der Waals surface area contributed by atoms with E-state index in [1.807, 2.05) is 6.92 Å². The molecule has 0 aromatic carbocycles. The molecule has 2 fully saturated rings. The van der Waals surface area contributed by atoms with Gasteiger partial charge in [-0.1, -0.05) is 18.5 Å². The number of alkyl halides is 3. The Labute approximate surface area is 137 Å². The molecule has 0 bridgehead atoms. The number of hydrogen-bond acceptors (Lipinski definition) is 4. The predicted molar refractivity (Wildman–Crippen MR) is 78.0 cm³/mol. The normalized spacial score (nSPS) is 28.0. The zero-order chi connectivity index (χ0) is 17.5. The zero-order valence-electron chi connectivity index (χ0n) is 13.7. The van der Waals surface area contributed by atoms with E-state index in [0.717, 1.165) is 0 Å². The van der Waals surface area contributed by atoms with Crippen molar-refractivity contribution in [1.82, 2.24) is 20.4 Å². The molecule has 2 heterocycles. The summed E-state index contributed by atoms with van der Waals surface area (Å²) in [6, 6.07) is -0.973. The smallest absolute Gasteiger partial charge is 0.340 e. The van der Waals surface area contributed by atoms with Gasteiger partial charge in [0.2, 0.25) is 5.89 Å². The second kappa shape index (κ2) is 5.93. The first-order valence-corrected chi connectivity index (χ1v) is 8.19. The van der Waals surface area contributed by atoms with Crippen molar-refractivity contribution < 1.29 is 22.5 Å². The average molecular weight is 346 g/mol. The minimum atomic E-state index is -4.28. The molecule has 2 amide bonds. The quantitative estimate of drug-likeness (QED) is 0.912. The van der Waals surface area contributed by atoms with E-state index < -0.39 is 29.6 Å². The van der Waals surface area contributed by atoms with Crippen molar-refractivity contribution in [2.75, 3.05) is 13.1 Å². The van der Waals surface area contributed by atoms with Crippen LogP contribution in [0.5, 0.6) is 0 Å². The van der Waals surface area contributed by atoms with Crippen LogP contribution in [0, 0.1) is 18.3 Å². The summed E-state index contributed by atoms with van der Waals surface area (Å²) < 4.78 is 45.5. The molecule has 1 aromatic heterocycles. The Morgan fingerprint density at radius 1 is 1.54 bits per heavy atom. The Kier molecular flexibility index (Phi) is 4.21. The molecule has 24 heavy (non-hydrogen) atoms. The molecule has 9 heteroatoms. The fraction of sp³-hybridized carbons (Fsp3) is 0.800. The van der Waals surface area contributed by atoms with Crippen LogP contribution in [0.3, 0.4) is 0 Å². The van der Waals surface area contributed by atoms with Gasteiger partial charge in [0.1, 0.15) is 0 Å². The molecule has 0 radical (unpaired) electrons. The van der Waals surface area contributed by atoms with E-state index in [1.54, 1.807) is 6.92 Å². The molecule has 1 aliphatic carbocycles. The molecule has 1 aliphatic heterocycles. The van der Waals surface area contributed by atoms with E-state index in [1.165, 1.54) is 4.90 Å². The number of carbonyl (C=O) groups is 1. The lowest BCUT2D eigenvalue weighted by Crippen LogP contribution is -2.45. The maximum Gasteiger partial charge on any atom is 0.396 e. The van der Waals surface area contributed by atoms with Gasteiger partial charge < -0.3 is 14.7 Å². The van der Waals surface area contributed by atoms with Crippen molar-refractivity contribution in [2.45, 2.75) is 51.7 Å². The van der Waals surface area contributed by atoms with Gasteiger partial charge in [-0.05, 0) is 25.2 Å². The average Bonchev–Trinajstić information content (AvgIpc) is 3.16. The predicted octanol–water partition coefficient (Wildman–Crippen LogP) is 3.20. The Hall–Kier alpha value is -1.80. The summed E-state index contributed by atoms with van der Waals surface area (Å²) in [5.41, 5.74) is -1.74. The lowest BCUT2D eigenvalue weighted by molar-refractivity contribution is -0.226. The summed E-state index contributed by atoms with van der Waals surface area (Å²) in [4.78, 5) is 17.8. The first kappa shape index (κ1) is 17.0. The van der Waals surface area contributed by atoms with Crippen LogP contribution in [0.2, 0.25) is 0 Å². The van der Waals surface area contributed by atoms with Gasteiger partial charge in [-0.2, -0.15) is 18.2 Å². The van der Waals surface area contributed by atoms with Crippen LogP contribution in [0.15, 0.2) is 4.52 Å². The van der Waals surface area contributed by atoms with Crippen molar-refractivity contribution in [3.63, 3.8) is 0 Å². The monoisotopic (exact) mass is 346 g/mol. The van der Waals surface area contributed by atoms with Crippen molar-refractivity contribution in [1.29, 1.82) is 0 Å². The molecule has 1 saturated heterocycles. The van der Waals surface area contributed by atoms with Gasteiger partial charge in [-0.15, -0.1) is 0 Å². The van der Waals surface area contributed by atoms with Crippen LogP contribution in [0.1, 0.15) is 50.4 Å². The van der Waals surface area contributed by atoms with Crippen molar-refractivity contribution in [3.8, 4) is 0 Å². The minimum Gasteiger partial charge on any atom is -0.340 e. The first-order valence-electron chi connectivity index (χ1n) is 8.19. The number of rotatable bonds is 3. The number of amides is 2. The number of hydrogen-bond donors (Lipinski definition) is 1. The van der Waals surface area contributed by atoms with Gasteiger partial charge in [0, 0.05) is 20.0 Å². The fourth-order valence-corrected chi connectivity index (χ4v) is 3.95. The molecule has 134 valence electrons. The number of nitrogens with one attached hydrogen (secondary N) is 1. The number of aryl methyl sites for hydroxylation is 1.